The molecule has 0 atom stereocenters. The van der Waals surface area contributed by atoms with Gasteiger partial charge in [-0.2, -0.15) is 0 Å². The summed E-state index contributed by atoms with van der Waals surface area (Å²) >= 11 is 0. The molecule has 0 spiro atoms. The van der Waals surface area contributed by atoms with Crippen LogP contribution in [0.5, 0.6) is 0 Å². The molecule has 0 nitrogen and oxygen atoms in total. The van der Waals surface area contributed by atoms with Crippen molar-refractivity contribution in [3.05, 3.63) is 0 Å². The molecule has 0 N–H and O–H groups in total. The molecule has 0 fully saturated rings. The topological polar surface area (TPSA) is 0 Å². The lowest BCUT2D eigenvalue weighted by atomic mass is 10.6. The lowest BCUT2D eigenvalue weighted by Gasteiger charge is -1.48. The summed E-state index contributed by atoms with van der Waals surface area (Å²) in [6, 6.07) is 0. The smallest absolute Gasteiger partial charge is 0.0590 e. The summed E-state index contributed by atoms with van der Waals surface area (Å²) in [5.41, 5.74) is 0. The van der Waals surface area contributed by atoms with Gasteiger partial charge in [-0.1, -0.05) is 54.4 Å². The average molecular weight is 144 g/mol. The summed E-state index contributed by atoms with van der Waals surface area (Å²) in [7, 11) is 0. The van der Waals surface area contributed by atoms with Gasteiger partial charge in [-0.3, -0.25) is 0 Å². The molecule has 0 aromatic heterocycles. The van der Waals surface area contributed by atoms with E-state index in [9.17, 15) is 0 Å². The third-order valence-electron chi connectivity index (χ3n) is 0. The second-order valence-electron chi connectivity index (χ2n) is 1.41. The average Bonchev–Trinajstić information content (AvgIpc) is 1.99. The fourth-order valence-corrected chi connectivity index (χ4v) is 0. The maximum atomic E-state index is 4.00. The fraction of sp³-hybridized carbons (Fsp3) is 0.800. The Kier molecular flexibility index (Phi) is 456. The van der Waals surface area contributed by atoms with Crippen molar-refractivity contribution in [2.75, 3.05) is 0 Å². The minimum atomic E-state index is 1.25. The predicted octanol–water partition coefficient (Wildman–Crippen LogP) is 4.11. The van der Waals surface area contributed by atoms with E-state index in [0.29, 0.717) is 0 Å². The van der Waals surface area contributed by atoms with E-state index in [1.807, 2.05) is 13.8 Å². The van der Waals surface area contributed by atoms with E-state index in [-0.39, 0.29) is 0 Å². The first-order valence-corrected chi connectivity index (χ1v) is 4.16. The predicted molar refractivity (Wildman–Crippen MR) is 53.2 cm³/mol. The highest BCUT2D eigenvalue weighted by Gasteiger charge is 1.36. The lowest BCUT2D eigenvalue weighted by Crippen LogP contribution is -1.27. The van der Waals surface area contributed by atoms with E-state index in [1.54, 1.807) is 0 Å². The van der Waals surface area contributed by atoms with Crippen molar-refractivity contribution in [1.29, 1.82) is 0 Å². The molecule has 0 bridgehead atoms. The Morgan fingerprint density at radius 2 is 0.700 bits per heavy atom. The van der Waals surface area contributed by atoms with Gasteiger partial charge in [0.25, 0.3) is 0 Å². The summed E-state index contributed by atoms with van der Waals surface area (Å²) in [6.07, 6.45) is 10.5. The zero-order valence-electron chi connectivity index (χ0n) is 8.57. The maximum absolute atomic E-state index is 4.00. The van der Waals surface area contributed by atoms with Crippen molar-refractivity contribution in [2.24, 2.45) is 0 Å². The molecule has 0 aliphatic rings. The summed E-state index contributed by atoms with van der Waals surface area (Å²) < 4.78 is 0. The normalized spacial score (nSPS) is 4.40. The first-order chi connectivity index (χ1) is 4.83. The van der Waals surface area contributed by atoms with Crippen molar-refractivity contribution in [1.82, 2.24) is 0 Å². The fourth-order valence-electron chi connectivity index (χ4n) is 0. The van der Waals surface area contributed by atoms with Gasteiger partial charge in [-0.15, -0.1) is 12.8 Å². The van der Waals surface area contributed by atoms with Gasteiger partial charge in [0.1, 0.15) is 0 Å². The van der Waals surface area contributed by atoms with Gasteiger partial charge in [0.15, 0.2) is 0 Å². The molecular formula is C10H24. The van der Waals surface area contributed by atoms with Gasteiger partial charge in [0.05, 0.1) is 0 Å². The van der Waals surface area contributed by atoms with Crippen LogP contribution in [0, 0.1) is 12.8 Å². The molecule has 0 heterocycles. The van der Waals surface area contributed by atoms with Gasteiger partial charge >= 0.3 is 0 Å². The van der Waals surface area contributed by atoms with E-state index in [1.165, 1.54) is 12.8 Å². The third-order valence-corrected chi connectivity index (χ3v) is 0. The Hall–Kier alpha value is -0.440. The summed E-state index contributed by atoms with van der Waals surface area (Å²) in [5.74, 6) is 0. The molecule has 0 saturated heterocycles. The molecule has 0 heteroatoms. The Balaban J connectivity index is -0.0000000246. The second-order valence-corrected chi connectivity index (χ2v) is 1.41. The van der Waals surface area contributed by atoms with Crippen molar-refractivity contribution >= 4 is 0 Å². The highest BCUT2D eigenvalue weighted by Crippen LogP contribution is 1.56. The number of hydrogen-bond acceptors (Lipinski definition) is 0. The molecule has 0 aromatic carbocycles. The van der Waals surface area contributed by atoms with Crippen LogP contribution < -0.4 is 0 Å². The van der Waals surface area contributed by atoms with Gasteiger partial charge in [-0.25, -0.2) is 0 Å². The Morgan fingerprint density at radius 3 is 0.700 bits per heavy atom. The SMILES string of the molecule is C#C.CC.CCC.CCC. The Labute approximate surface area is 68.0 Å². The van der Waals surface area contributed by atoms with E-state index >= 15 is 0 Å². The number of hydrogen-bond donors (Lipinski definition) is 0. The van der Waals surface area contributed by atoms with Crippen LogP contribution in [-0.2, 0) is 0 Å². The van der Waals surface area contributed by atoms with Gasteiger partial charge in [0.2, 0.25) is 0 Å². The molecule has 0 saturated carbocycles. The number of rotatable bonds is 0. The van der Waals surface area contributed by atoms with E-state index in [2.05, 4.69) is 40.5 Å². The highest BCUT2D eigenvalue weighted by molar-refractivity contribution is 4.47. The van der Waals surface area contributed by atoms with Crippen molar-refractivity contribution in [3.63, 3.8) is 0 Å². The van der Waals surface area contributed by atoms with Crippen LogP contribution in [0.3, 0.4) is 0 Å². The van der Waals surface area contributed by atoms with Crippen LogP contribution in [0.4, 0.5) is 0 Å². The first kappa shape index (κ1) is 22.7. The quantitative estimate of drug-likeness (QED) is 0.449. The lowest BCUT2D eigenvalue weighted by molar-refractivity contribution is 1.09. The maximum Gasteiger partial charge on any atom is -0.0590 e. The van der Waals surface area contributed by atoms with E-state index in [0.717, 1.165) is 0 Å². The first-order valence-electron chi connectivity index (χ1n) is 4.16. The molecule has 10 heavy (non-hydrogen) atoms. The second kappa shape index (κ2) is 201. The number of terminal acetylenes is 1. The van der Waals surface area contributed by atoms with Crippen molar-refractivity contribution in [2.45, 2.75) is 54.4 Å². The van der Waals surface area contributed by atoms with Gasteiger partial charge < -0.3 is 0 Å². The summed E-state index contributed by atoms with van der Waals surface area (Å²) in [6.45, 7) is 12.5. The molecule has 64 valence electrons. The monoisotopic (exact) mass is 144 g/mol. The molecule has 0 radical (unpaired) electrons. The molecule has 0 aromatic rings. The van der Waals surface area contributed by atoms with Crippen LogP contribution in [0.1, 0.15) is 54.4 Å². The molecule has 0 aliphatic carbocycles. The molecule has 0 unspecified atom stereocenters. The summed E-state index contributed by atoms with van der Waals surface area (Å²) in [5, 5.41) is 0. The van der Waals surface area contributed by atoms with Gasteiger partial charge in [-0.05, 0) is 0 Å². The highest BCUT2D eigenvalue weighted by atomic mass is 13.4. The summed E-state index contributed by atoms with van der Waals surface area (Å²) in [4.78, 5) is 0. The van der Waals surface area contributed by atoms with Gasteiger partial charge in [0, 0.05) is 0 Å². The van der Waals surface area contributed by atoms with Crippen LogP contribution in [-0.4, -0.2) is 0 Å². The minimum absolute atomic E-state index is 1.25. The van der Waals surface area contributed by atoms with Crippen molar-refractivity contribution < 1.29 is 0 Å². The van der Waals surface area contributed by atoms with Crippen LogP contribution >= 0.6 is 0 Å². The zero-order chi connectivity index (χ0) is 9.41. The minimum Gasteiger partial charge on any atom is -0.124 e. The van der Waals surface area contributed by atoms with Crippen LogP contribution in [0.25, 0.3) is 0 Å². The largest absolute Gasteiger partial charge is 0.124 e. The Morgan fingerprint density at radius 1 is 0.700 bits per heavy atom. The molecule has 0 amide bonds. The van der Waals surface area contributed by atoms with E-state index in [4.69, 9.17) is 0 Å². The van der Waals surface area contributed by atoms with Crippen LogP contribution in [0.15, 0.2) is 0 Å². The van der Waals surface area contributed by atoms with Crippen LogP contribution in [0.2, 0.25) is 0 Å². The van der Waals surface area contributed by atoms with Crippen molar-refractivity contribution in [3.8, 4) is 12.8 Å². The molecular weight excluding hydrogens is 120 g/mol. The zero-order valence-corrected chi connectivity index (χ0v) is 8.57. The Bertz CT molecular complexity index is 16.5. The molecule has 0 rings (SSSR count). The molecule has 0 aliphatic heterocycles. The van der Waals surface area contributed by atoms with E-state index < -0.39 is 0 Å². The third kappa shape index (κ3) is 1680. The standard InChI is InChI=1S/2C3H8.C2H6.C2H2/c2*1-3-2;2*1-2/h2*3H2,1-2H3;1-2H3;1-2H.